The summed E-state index contributed by atoms with van der Waals surface area (Å²) >= 11 is 0. The Morgan fingerprint density at radius 1 is 1.32 bits per heavy atom. The minimum Gasteiger partial charge on any atom is -0.472 e. The Kier molecular flexibility index (Phi) is 4.11. The fourth-order valence-electron chi connectivity index (χ4n) is 2.69. The zero-order valence-electron chi connectivity index (χ0n) is 12.9. The summed E-state index contributed by atoms with van der Waals surface area (Å²) in [5, 5.41) is 9.82. The van der Waals surface area contributed by atoms with Crippen LogP contribution in [0.4, 0.5) is 0 Å². The van der Waals surface area contributed by atoms with Crippen LogP contribution >= 0.6 is 0 Å². The third-order valence-corrected chi connectivity index (χ3v) is 3.67. The lowest BCUT2D eigenvalue weighted by Crippen LogP contribution is -2.11. The number of nitrogens with zero attached hydrogens (tertiary/aromatic N) is 2. The third-order valence-electron chi connectivity index (χ3n) is 3.67. The second-order valence-electron chi connectivity index (χ2n) is 5.72. The fourth-order valence-corrected chi connectivity index (χ4v) is 2.69. The quantitative estimate of drug-likeness (QED) is 0.785. The summed E-state index contributed by atoms with van der Waals surface area (Å²) in [5.74, 6) is 0. The van der Waals surface area contributed by atoms with Crippen molar-refractivity contribution < 1.29 is 9.52 Å². The molecule has 0 fully saturated rings. The van der Waals surface area contributed by atoms with Gasteiger partial charge in [0.25, 0.3) is 0 Å². The first-order chi connectivity index (χ1) is 10.6. The number of aryl methyl sites for hydroxylation is 1. The first-order valence-corrected chi connectivity index (χ1v) is 7.43. The molecule has 1 aromatic carbocycles. The van der Waals surface area contributed by atoms with Crippen LogP contribution in [0.25, 0.3) is 11.3 Å². The highest BCUT2D eigenvalue weighted by atomic mass is 16.3. The van der Waals surface area contributed by atoms with Gasteiger partial charge in [0.2, 0.25) is 0 Å². The van der Waals surface area contributed by atoms with E-state index < -0.39 is 6.10 Å². The molecule has 0 aliphatic carbocycles. The molecule has 114 valence electrons. The van der Waals surface area contributed by atoms with E-state index in [1.54, 1.807) is 19.5 Å². The number of aromatic nitrogens is 2. The van der Waals surface area contributed by atoms with E-state index in [1.165, 1.54) is 11.1 Å². The van der Waals surface area contributed by atoms with Crippen molar-refractivity contribution in [2.75, 3.05) is 0 Å². The maximum absolute atomic E-state index is 9.82. The van der Waals surface area contributed by atoms with Crippen LogP contribution in [0, 0.1) is 6.92 Å². The highest BCUT2D eigenvalue weighted by Crippen LogP contribution is 2.24. The average molecular weight is 296 g/mol. The Balaban J connectivity index is 1.97. The molecule has 22 heavy (non-hydrogen) atoms. The van der Waals surface area contributed by atoms with Gasteiger partial charge in [0.1, 0.15) is 0 Å². The van der Waals surface area contributed by atoms with E-state index in [0.29, 0.717) is 6.42 Å². The lowest BCUT2D eigenvalue weighted by molar-refractivity contribution is 0.193. The van der Waals surface area contributed by atoms with Gasteiger partial charge in [-0.1, -0.05) is 29.8 Å². The van der Waals surface area contributed by atoms with Crippen LogP contribution in [-0.2, 0) is 13.0 Å². The highest BCUT2D eigenvalue weighted by Gasteiger charge is 2.16. The first kappa shape index (κ1) is 14.6. The monoisotopic (exact) mass is 296 g/mol. The molecular formula is C18H20N2O2. The van der Waals surface area contributed by atoms with E-state index >= 15 is 0 Å². The molecule has 1 N–H and O–H groups in total. The van der Waals surface area contributed by atoms with Crippen molar-refractivity contribution >= 4 is 0 Å². The molecule has 0 bridgehead atoms. The van der Waals surface area contributed by atoms with Crippen molar-refractivity contribution in [2.24, 2.45) is 0 Å². The van der Waals surface area contributed by atoms with Gasteiger partial charge in [-0.25, -0.2) is 4.98 Å². The first-order valence-electron chi connectivity index (χ1n) is 7.43. The van der Waals surface area contributed by atoms with Crippen molar-refractivity contribution in [3.8, 4) is 11.3 Å². The molecule has 1 unspecified atom stereocenters. The topological polar surface area (TPSA) is 51.2 Å². The van der Waals surface area contributed by atoms with Gasteiger partial charge in [-0.15, -0.1) is 0 Å². The van der Waals surface area contributed by atoms with Crippen LogP contribution in [0.5, 0.6) is 0 Å². The smallest absolute Gasteiger partial charge is 0.0997 e. The van der Waals surface area contributed by atoms with Crippen molar-refractivity contribution in [3.63, 3.8) is 0 Å². The molecule has 4 heteroatoms. The summed E-state index contributed by atoms with van der Waals surface area (Å²) < 4.78 is 7.26. The van der Waals surface area contributed by atoms with Gasteiger partial charge in [0.15, 0.2) is 0 Å². The normalized spacial score (nSPS) is 12.5. The fraction of sp³-hybridized carbons (Fsp3) is 0.278. The maximum Gasteiger partial charge on any atom is 0.0997 e. The van der Waals surface area contributed by atoms with Crippen molar-refractivity contribution in [3.05, 3.63) is 66.0 Å². The molecule has 0 radical (unpaired) electrons. The van der Waals surface area contributed by atoms with Gasteiger partial charge >= 0.3 is 0 Å². The number of benzene rings is 1. The molecule has 2 aromatic heterocycles. The molecule has 1 atom stereocenters. The van der Waals surface area contributed by atoms with Crippen LogP contribution in [-0.4, -0.2) is 20.8 Å². The van der Waals surface area contributed by atoms with Crippen LogP contribution in [0.2, 0.25) is 0 Å². The molecule has 0 aliphatic rings. The number of hydrogen-bond acceptors (Lipinski definition) is 3. The van der Waals surface area contributed by atoms with Gasteiger partial charge in [-0.05, 0) is 25.5 Å². The third kappa shape index (κ3) is 3.12. The molecular weight excluding hydrogens is 276 g/mol. The predicted octanol–water partition coefficient (Wildman–Crippen LogP) is 3.42. The van der Waals surface area contributed by atoms with Gasteiger partial charge in [-0.3, -0.25) is 0 Å². The molecule has 0 spiro atoms. The van der Waals surface area contributed by atoms with Crippen molar-refractivity contribution in [1.82, 2.24) is 9.55 Å². The zero-order chi connectivity index (χ0) is 15.5. The number of hydrogen-bond donors (Lipinski definition) is 1. The summed E-state index contributed by atoms with van der Waals surface area (Å²) in [6, 6.07) is 10.3. The highest BCUT2D eigenvalue weighted by molar-refractivity contribution is 5.60. The molecule has 2 heterocycles. The number of aliphatic hydroxyl groups excluding tert-OH is 1. The van der Waals surface area contributed by atoms with E-state index in [-0.39, 0.29) is 0 Å². The average Bonchev–Trinajstić information content (AvgIpc) is 3.09. The molecule has 0 saturated carbocycles. The van der Waals surface area contributed by atoms with Crippen LogP contribution in [0.3, 0.4) is 0 Å². The summed E-state index contributed by atoms with van der Waals surface area (Å²) in [6.07, 6.45) is 5.30. The van der Waals surface area contributed by atoms with E-state index in [4.69, 9.17) is 4.42 Å². The number of imidazole rings is 1. The maximum atomic E-state index is 9.82. The van der Waals surface area contributed by atoms with Gasteiger partial charge < -0.3 is 14.1 Å². The van der Waals surface area contributed by atoms with Crippen molar-refractivity contribution in [1.29, 1.82) is 0 Å². The summed E-state index contributed by atoms with van der Waals surface area (Å²) in [7, 11) is 0. The van der Waals surface area contributed by atoms with E-state index in [1.807, 2.05) is 12.4 Å². The van der Waals surface area contributed by atoms with Crippen LogP contribution in [0.1, 0.15) is 23.7 Å². The largest absolute Gasteiger partial charge is 0.472 e. The lowest BCUT2D eigenvalue weighted by atomic mass is 10.1. The Morgan fingerprint density at radius 3 is 2.86 bits per heavy atom. The van der Waals surface area contributed by atoms with Gasteiger partial charge in [0.05, 0.1) is 30.7 Å². The lowest BCUT2D eigenvalue weighted by Gasteiger charge is -2.12. The molecule has 0 saturated heterocycles. The van der Waals surface area contributed by atoms with E-state index in [9.17, 15) is 5.11 Å². The van der Waals surface area contributed by atoms with Crippen LogP contribution < -0.4 is 0 Å². The van der Waals surface area contributed by atoms with E-state index in [0.717, 1.165) is 23.5 Å². The number of rotatable bonds is 5. The Hall–Kier alpha value is -2.33. The predicted molar refractivity (Wildman–Crippen MR) is 85.6 cm³/mol. The molecule has 0 aliphatic heterocycles. The molecule has 0 amide bonds. The Labute approximate surface area is 130 Å². The zero-order valence-corrected chi connectivity index (χ0v) is 12.9. The summed E-state index contributed by atoms with van der Waals surface area (Å²) in [6.45, 7) is 4.63. The standard InChI is InChI=1S/C18H20N2O2/c1-13-4-3-5-15(8-13)10-20-12-19-18(16-6-7-22-11-16)17(20)9-14(2)21/h3-8,11-12,14,21H,9-10H2,1-2H3. The summed E-state index contributed by atoms with van der Waals surface area (Å²) in [5.41, 5.74) is 5.31. The Morgan fingerprint density at radius 2 is 2.18 bits per heavy atom. The SMILES string of the molecule is Cc1cccc(Cn2cnc(-c3ccoc3)c2CC(C)O)c1. The van der Waals surface area contributed by atoms with Gasteiger partial charge in [-0.2, -0.15) is 0 Å². The molecule has 3 aromatic rings. The molecule has 3 rings (SSSR count). The Bertz CT molecular complexity index is 742. The van der Waals surface area contributed by atoms with Crippen LogP contribution in [0.15, 0.2) is 53.6 Å². The second-order valence-corrected chi connectivity index (χ2v) is 5.72. The minimum absolute atomic E-state index is 0.418. The number of furan rings is 1. The van der Waals surface area contributed by atoms with Crippen molar-refractivity contribution in [2.45, 2.75) is 32.9 Å². The number of aliphatic hydroxyl groups is 1. The van der Waals surface area contributed by atoms with Gasteiger partial charge in [0, 0.05) is 24.2 Å². The minimum atomic E-state index is -0.418. The van der Waals surface area contributed by atoms with E-state index in [2.05, 4.69) is 40.7 Å². The molecule has 4 nitrogen and oxygen atoms in total. The summed E-state index contributed by atoms with van der Waals surface area (Å²) in [4.78, 5) is 4.52. The second kappa shape index (κ2) is 6.20.